The van der Waals surface area contributed by atoms with Crippen LogP contribution in [0, 0.1) is 0 Å². The van der Waals surface area contributed by atoms with Crippen LogP contribution in [0.4, 0.5) is 0 Å². The number of esters is 1. The van der Waals surface area contributed by atoms with E-state index in [1.54, 1.807) is 6.92 Å². The molecule has 0 aliphatic carbocycles. The molecule has 2 heterocycles. The van der Waals surface area contributed by atoms with Crippen LogP contribution in [0.5, 0.6) is 0 Å². The van der Waals surface area contributed by atoms with Gasteiger partial charge in [-0.25, -0.2) is 13.4 Å². The summed E-state index contributed by atoms with van der Waals surface area (Å²) in [5.74, 6) is -0.529. The van der Waals surface area contributed by atoms with E-state index in [-0.39, 0.29) is 28.2 Å². The van der Waals surface area contributed by atoms with Crippen LogP contribution in [0.3, 0.4) is 0 Å². The van der Waals surface area contributed by atoms with Gasteiger partial charge in [0.25, 0.3) is 0 Å². The van der Waals surface area contributed by atoms with E-state index >= 15 is 0 Å². The van der Waals surface area contributed by atoms with Crippen LogP contribution in [0.1, 0.15) is 26.2 Å². The Morgan fingerprint density at radius 2 is 2.18 bits per heavy atom. The predicted molar refractivity (Wildman–Crippen MR) is 82.4 cm³/mol. The maximum Gasteiger partial charge on any atom is 0.324 e. The Morgan fingerprint density at radius 3 is 2.82 bits per heavy atom. The standard InChI is InChI=1S/C13H16Cl2N2O4S/c1-2-21-13(18)11-5-3-4-6-17(11)22(19,20)9-7-10(14)12(15)16-8-9/h7-8,11H,2-6H2,1H3. The maximum atomic E-state index is 12.7. The number of hydrogen-bond donors (Lipinski definition) is 0. The van der Waals surface area contributed by atoms with E-state index < -0.39 is 22.0 Å². The van der Waals surface area contributed by atoms with Crippen molar-refractivity contribution in [2.24, 2.45) is 0 Å². The van der Waals surface area contributed by atoms with Crippen LogP contribution in [0.2, 0.25) is 10.2 Å². The Morgan fingerprint density at radius 1 is 1.45 bits per heavy atom. The van der Waals surface area contributed by atoms with Gasteiger partial charge in [0.2, 0.25) is 10.0 Å². The van der Waals surface area contributed by atoms with Gasteiger partial charge in [0.1, 0.15) is 16.1 Å². The lowest BCUT2D eigenvalue weighted by molar-refractivity contribution is -0.148. The molecule has 1 aliphatic heterocycles. The molecule has 1 atom stereocenters. The molecule has 0 bridgehead atoms. The van der Waals surface area contributed by atoms with Gasteiger partial charge in [-0.3, -0.25) is 4.79 Å². The molecule has 22 heavy (non-hydrogen) atoms. The van der Waals surface area contributed by atoms with Crippen molar-refractivity contribution in [3.8, 4) is 0 Å². The summed E-state index contributed by atoms with van der Waals surface area (Å²) in [5, 5.41) is 0.0774. The molecular formula is C13H16Cl2N2O4S. The van der Waals surface area contributed by atoms with E-state index in [1.807, 2.05) is 0 Å². The lowest BCUT2D eigenvalue weighted by atomic mass is 10.1. The topological polar surface area (TPSA) is 76.6 Å². The van der Waals surface area contributed by atoms with E-state index in [2.05, 4.69) is 4.98 Å². The van der Waals surface area contributed by atoms with Crippen molar-refractivity contribution in [3.05, 3.63) is 22.4 Å². The summed E-state index contributed by atoms with van der Waals surface area (Å²) >= 11 is 11.5. The minimum Gasteiger partial charge on any atom is -0.465 e. The summed E-state index contributed by atoms with van der Waals surface area (Å²) in [7, 11) is -3.89. The van der Waals surface area contributed by atoms with Crippen molar-refractivity contribution in [1.29, 1.82) is 0 Å². The molecule has 1 saturated heterocycles. The molecule has 1 unspecified atom stereocenters. The van der Waals surface area contributed by atoms with Gasteiger partial charge < -0.3 is 4.74 Å². The molecule has 0 aromatic carbocycles. The minimum absolute atomic E-state index is 0.0289. The summed E-state index contributed by atoms with van der Waals surface area (Å²) in [6, 6.07) is 0.427. The molecule has 9 heteroatoms. The Kier molecular flexibility index (Phi) is 5.65. The second-order valence-electron chi connectivity index (χ2n) is 4.82. The van der Waals surface area contributed by atoms with Crippen LogP contribution < -0.4 is 0 Å². The zero-order valence-electron chi connectivity index (χ0n) is 12.0. The van der Waals surface area contributed by atoms with Gasteiger partial charge in [-0.2, -0.15) is 4.31 Å². The average molecular weight is 367 g/mol. The van der Waals surface area contributed by atoms with Gasteiger partial charge in [-0.15, -0.1) is 0 Å². The number of hydrogen-bond acceptors (Lipinski definition) is 5. The molecule has 1 aromatic rings. The van der Waals surface area contributed by atoms with Crippen molar-refractivity contribution in [2.45, 2.75) is 37.1 Å². The molecule has 122 valence electrons. The number of ether oxygens (including phenoxy) is 1. The number of nitrogens with zero attached hydrogens (tertiary/aromatic N) is 2. The zero-order chi connectivity index (χ0) is 16.3. The summed E-state index contributed by atoms with van der Waals surface area (Å²) in [6.45, 7) is 2.14. The first-order chi connectivity index (χ1) is 10.4. The van der Waals surface area contributed by atoms with Gasteiger partial charge in [0, 0.05) is 12.7 Å². The van der Waals surface area contributed by atoms with Crippen LogP contribution in [-0.4, -0.2) is 42.9 Å². The monoisotopic (exact) mass is 366 g/mol. The third kappa shape index (κ3) is 3.53. The fourth-order valence-corrected chi connectivity index (χ4v) is 4.30. The normalized spacial score (nSPS) is 19.9. The zero-order valence-corrected chi connectivity index (χ0v) is 14.3. The highest BCUT2D eigenvalue weighted by atomic mass is 35.5. The van der Waals surface area contributed by atoms with Gasteiger partial charge in [-0.05, 0) is 32.3 Å². The second kappa shape index (κ2) is 7.12. The van der Waals surface area contributed by atoms with E-state index in [4.69, 9.17) is 27.9 Å². The first-order valence-corrected chi connectivity index (χ1v) is 9.07. The fraction of sp³-hybridized carbons (Fsp3) is 0.538. The van der Waals surface area contributed by atoms with Crippen molar-refractivity contribution in [3.63, 3.8) is 0 Å². The highest BCUT2D eigenvalue weighted by molar-refractivity contribution is 7.89. The van der Waals surface area contributed by atoms with Crippen molar-refractivity contribution >= 4 is 39.2 Å². The third-order valence-electron chi connectivity index (χ3n) is 3.39. The lowest BCUT2D eigenvalue weighted by Gasteiger charge is -2.32. The predicted octanol–water partition coefficient (Wildman–Crippen LogP) is 2.49. The molecule has 0 saturated carbocycles. The Bertz CT molecular complexity index is 666. The molecule has 2 rings (SSSR count). The number of sulfonamides is 1. The van der Waals surface area contributed by atoms with E-state index in [0.29, 0.717) is 12.8 Å². The van der Waals surface area contributed by atoms with Gasteiger partial charge >= 0.3 is 5.97 Å². The van der Waals surface area contributed by atoms with Crippen LogP contribution in [0.25, 0.3) is 0 Å². The van der Waals surface area contributed by atoms with Gasteiger partial charge in [-0.1, -0.05) is 23.2 Å². The number of halogens is 2. The second-order valence-corrected chi connectivity index (χ2v) is 7.48. The van der Waals surface area contributed by atoms with Gasteiger partial charge in [0.05, 0.1) is 11.6 Å². The first kappa shape index (κ1) is 17.5. The number of aromatic nitrogens is 1. The average Bonchev–Trinajstić information content (AvgIpc) is 2.50. The van der Waals surface area contributed by atoms with Crippen LogP contribution >= 0.6 is 23.2 Å². The lowest BCUT2D eigenvalue weighted by Crippen LogP contribution is -2.48. The Balaban J connectivity index is 2.36. The van der Waals surface area contributed by atoms with Crippen LogP contribution in [0.15, 0.2) is 17.2 Å². The smallest absolute Gasteiger partial charge is 0.324 e. The number of piperidine rings is 1. The Labute approximate surface area is 139 Å². The molecule has 0 radical (unpaired) electrons. The van der Waals surface area contributed by atoms with Crippen molar-refractivity contribution < 1.29 is 17.9 Å². The molecule has 1 aromatic heterocycles. The number of rotatable bonds is 4. The molecule has 1 aliphatic rings. The molecule has 0 amide bonds. The van der Waals surface area contributed by atoms with E-state index in [9.17, 15) is 13.2 Å². The largest absolute Gasteiger partial charge is 0.465 e. The van der Waals surface area contributed by atoms with E-state index in [0.717, 1.165) is 16.9 Å². The van der Waals surface area contributed by atoms with E-state index in [1.165, 1.54) is 6.07 Å². The summed E-state index contributed by atoms with van der Waals surface area (Å²) < 4.78 is 31.6. The minimum atomic E-state index is -3.89. The quantitative estimate of drug-likeness (QED) is 0.604. The highest BCUT2D eigenvalue weighted by Gasteiger charge is 2.38. The highest BCUT2D eigenvalue weighted by Crippen LogP contribution is 2.28. The molecule has 1 fully saturated rings. The summed E-state index contributed by atoms with van der Waals surface area (Å²) in [5.41, 5.74) is 0. The number of pyridine rings is 1. The summed E-state index contributed by atoms with van der Waals surface area (Å²) in [4.78, 5) is 15.7. The molecule has 0 spiro atoms. The Hall–Kier alpha value is -0.890. The molecule has 0 N–H and O–H groups in total. The maximum absolute atomic E-state index is 12.7. The fourth-order valence-electron chi connectivity index (χ4n) is 2.35. The third-order valence-corrected chi connectivity index (χ3v) is 5.95. The SMILES string of the molecule is CCOC(=O)C1CCCCN1S(=O)(=O)c1cnc(Cl)c(Cl)c1. The summed E-state index contributed by atoms with van der Waals surface area (Å²) in [6.07, 6.45) is 3.03. The van der Waals surface area contributed by atoms with Crippen molar-refractivity contribution in [2.75, 3.05) is 13.2 Å². The molecular weight excluding hydrogens is 351 g/mol. The molecule has 6 nitrogen and oxygen atoms in total. The van der Waals surface area contributed by atoms with Crippen molar-refractivity contribution in [1.82, 2.24) is 9.29 Å². The number of carbonyl (C=O) groups is 1. The first-order valence-electron chi connectivity index (χ1n) is 6.87. The van der Waals surface area contributed by atoms with Gasteiger partial charge in [0.15, 0.2) is 0 Å². The van der Waals surface area contributed by atoms with Crippen LogP contribution in [-0.2, 0) is 19.6 Å². The number of carbonyl (C=O) groups excluding carboxylic acids is 1.